The Kier molecular flexibility index (Phi) is 5.97. The van der Waals surface area contributed by atoms with E-state index in [1.165, 1.54) is 16.9 Å². The van der Waals surface area contributed by atoms with Crippen LogP contribution < -0.4 is 5.32 Å². The van der Waals surface area contributed by atoms with Gasteiger partial charge in [0.25, 0.3) is 5.91 Å². The second kappa shape index (κ2) is 8.65. The lowest BCUT2D eigenvalue weighted by atomic mass is 9.96. The molecule has 1 aliphatic rings. The first-order valence-electron chi connectivity index (χ1n) is 9.93. The lowest BCUT2D eigenvalue weighted by Gasteiger charge is -2.15. The van der Waals surface area contributed by atoms with Crippen LogP contribution in [0.25, 0.3) is 10.6 Å². The number of likely N-dealkylation sites (tertiary alicyclic amines) is 1. The normalized spacial score (nSPS) is 18.5. The van der Waals surface area contributed by atoms with Gasteiger partial charge in [0.05, 0.1) is 41.9 Å². The third-order valence-corrected chi connectivity index (χ3v) is 7.02. The fourth-order valence-electron chi connectivity index (χ4n) is 3.90. The van der Waals surface area contributed by atoms with Crippen LogP contribution >= 0.6 is 22.7 Å². The van der Waals surface area contributed by atoms with E-state index in [2.05, 4.69) is 44.5 Å². The van der Waals surface area contributed by atoms with Gasteiger partial charge in [-0.3, -0.25) is 19.6 Å². The highest BCUT2D eigenvalue weighted by molar-refractivity contribution is 7.16. The Morgan fingerprint density at radius 3 is 2.67 bits per heavy atom. The standard InChI is InChI=1S/C22H25N5OS2/c1-14-20(30-15(2)23-14)18-12-29-22(24-18)25-21(28)19-10-17(11-27(19)13-26(3)4)16-8-6-5-7-9-16/h5-9,12-13,17,19H,10-11H2,1-4H3/p+1/t17-,19+/m1/s1. The van der Waals surface area contributed by atoms with Crippen molar-refractivity contribution < 1.29 is 9.37 Å². The summed E-state index contributed by atoms with van der Waals surface area (Å²) >= 11 is 3.09. The number of hydrogen-bond acceptors (Lipinski definition) is 5. The quantitative estimate of drug-likeness (QED) is 0.370. The van der Waals surface area contributed by atoms with Crippen LogP contribution in [0.15, 0.2) is 35.7 Å². The van der Waals surface area contributed by atoms with Crippen LogP contribution in [0.3, 0.4) is 0 Å². The number of rotatable bonds is 5. The van der Waals surface area contributed by atoms with Gasteiger partial charge in [-0.2, -0.15) is 0 Å². The number of carbonyl (C=O) groups excluding carboxylic acids is 1. The van der Waals surface area contributed by atoms with E-state index in [9.17, 15) is 4.79 Å². The minimum absolute atomic E-state index is 0.00959. The largest absolute Gasteiger partial charge is 0.298 e. The van der Waals surface area contributed by atoms with Gasteiger partial charge in [-0.05, 0) is 19.4 Å². The van der Waals surface area contributed by atoms with E-state index >= 15 is 0 Å². The Balaban J connectivity index is 1.51. The SMILES string of the molecule is Cc1nc(C)c(-c2csc(NC(=O)[C@@H]3C[C@@H](c4ccccc4)CN3C=[N+](C)C)n2)s1. The van der Waals surface area contributed by atoms with Crippen molar-refractivity contribution in [2.24, 2.45) is 0 Å². The zero-order valence-corrected chi connectivity index (χ0v) is 19.3. The van der Waals surface area contributed by atoms with Gasteiger partial charge >= 0.3 is 0 Å². The first-order valence-corrected chi connectivity index (χ1v) is 11.6. The average Bonchev–Trinajstić information content (AvgIpc) is 3.41. The third-order valence-electron chi connectivity index (χ3n) is 5.16. The van der Waals surface area contributed by atoms with Gasteiger partial charge in [0.2, 0.25) is 6.34 Å². The molecular formula is C22H26N5OS2+. The summed E-state index contributed by atoms with van der Waals surface area (Å²) in [5, 5.41) is 6.69. The number of carbonyl (C=O) groups is 1. The molecule has 0 radical (unpaired) electrons. The predicted octanol–water partition coefficient (Wildman–Crippen LogP) is 3.98. The molecular weight excluding hydrogens is 414 g/mol. The number of thiazole rings is 2. The Hall–Kier alpha value is -2.58. The number of hydrogen-bond donors (Lipinski definition) is 1. The summed E-state index contributed by atoms with van der Waals surface area (Å²) in [7, 11) is 3.97. The molecule has 156 valence electrons. The number of aromatic nitrogens is 2. The molecule has 1 saturated heterocycles. The fraction of sp³-hybridized carbons (Fsp3) is 0.364. The molecule has 1 aliphatic heterocycles. The molecule has 0 aliphatic carbocycles. The highest BCUT2D eigenvalue weighted by Crippen LogP contribution is 2.34. The van der Waals surface area contributed by atoms with E-state index in [0.29, 0.717) is 11.0 Å². The van der Waals surface area contributed by atoms with Crippen LogP contribution in [-0.4, -0.2) is 58.4 Å². The number of nitrogens with zero attached hydrogens (tertiary/aromatic N) is 4. The van der Waals surface area contributed by atoms with Crippen molar-refractivity contribution in [2.75, 3.05) is 26.0 Å². The summed E-state index contributed by atoms with van der Waals surface area (Å²) in [6.07, 6.45) is 2.80. The number of nitrogens with one attached hydrogen (secondary N) is 1. The van der Waals surface area contributed by atoms with Gasteiger partial charge in [0, 0.05) is 17.7 Å². The summed E-state index contributed by atoms with van der Waals surface area (Å²) < 4.78 is 1.99. The Labute approximate surface area is 184 Å². The number of amides is 1. The third kappa shape index (κ3) is 4.44. The van der Waals surface area contributed by atoms with Crippen LogP contribution in [0.2, 0.25) is 0 Å². The number of anilines is 1. The summed E-state index contributed by atoms with van der Waals surface area (Å²) in [4.78, 5) is 25.5. The molecule has 8 heteroatoms. The number of benzene rings is 1. The molecule has 0 spiro atoms. The van der Waals surface area contributed by atoms with Crippen LogP contribution in [0.4, 0.5) is 5.13 Å². The van der Waals surface area contributed by atoms with Gasteiger partial charge < -0.3 is 0 Å². The van der Waals surface area contributed by atoms with Crippen LogP contribution in [0.1, 0.15) is 28.6 Å². The van der Waals surface area contributed by atoms with E-state index in [0.717, 1.165) is 34.2 Å². The minimum atomic E-state index is -0.225. The van der Waals surface area contributed by atoms with Gasteiger partial charge in [-0.25, -0.2) is 9.97 Å². The molecule has 0 saturated carbocycles. The van der Waals surface area contributed by atoms with Crippen molar-refractivity contribution in [1.29, 1.82) is 0 Å². The first kappa shape index (κ1) is 20.7. The molecule has 2 atom stereocenters. The van der Waals surface area contributed by atoms with Crippen LogP contribution in [0, 0.1) is 13.8 Å². The maximum Gasteiger partial charge on any atom is 0.271 e. The molecule has 4 rings (SSSR count). The molecule has 3 aromatic rings. The second-order valence-electron chi connectivity index (χ2n) is 7.81. The molecule has 0 unspecified atom stereocenters. The lowest BCUT2D eigenvalue weighted by molar-refractivity contribution is -0.464. The van der Waals surface area contributed by atoms with Crippen molar-refractivity contribution in [3.8, 4) is 10.6 Å². The zero-order chi connectivity index (χ0) is 21.3. The molecule has 30 heavy (non-hydrogen) atoms. The smallest absolute Gasteiger partial charge is 0.271 e. The summed E-state index contributed by atoms with van der Waals surface area (Å²) in [6.45, 7) is 4.81. The van der Waals surface area contributed by atoms with Gasteiger partial charge in [-0.15, -0.1) is 22.7 Å². The molecule has 3 heterocycles. The molecule has 1 fully saturated rings. The Bertz CT molecular complexity index is 1070. The monoisotopic (exact) mass is 440 g/mol. The van der Waals surface area contributed by atoms with Crippen LogP contribution in [-0.2, 0) is 4.79 Å². The van der Waals surface area contributed by atoms with Crippen molar-refractivity contribution in [2.45, 2.75) is 32.2 Å². The molecule has 6 nitrogen and oxygen atoms in total. The molecule has 1 N–H and O–H groups in total. The number of aryl methyl sites for hydroxylation is 2. The first-order chi connectivity index (χ1) is 14.4. The highest BCUT2D eigenvalue weighted by Gasteiger charge is 2.41. The molecule has 1 aromatic carbocycles. The molecule has 0 bridgehead atoms. The summed E-state index contributed by atoms with van der Waals surface area (Å²) in [5.41, 5.74) is 3.13. The Morgan fingerprint density at radius 1 is 1.23 bits per heavy atom. The predicted molar refractivity (Wildman–Crippen MR) is 124 cm³/mol. The fourth-order valence-corrected chi connectivity index (χ4v) is 5.56. The second-order valence-corrected chi connectivity index (χ2v) is 9.87. The van der Waals surface area contributed by atoms with E-state index in [1.54, 1.807) is 11.3 Å². The van der Waals surface area contributed by atoms with Crippen molar-refractivity contribution in [3.05, 3.63) is 52.0 Å². The van der Waals surface area contributed by atoms with Crippen molar-refractivity contribution in [3.63, 3.8) is 0 Å². The maximum absolute atomic E-state index is 13.2. The van der Waals surface area contributed by atoms with E-state index in [4.69, 9.17) is 0 Å². The maximum atomic E-state index is 13.2. The van der Waals surface area contributed by atoms with E-state index in [-0.39, 0.29) is 11.9 Å². The summed E-state index contributed by atoms with van der Waals surface area (Å²) in [6, 6.07) is 10.2. The van der Waals surface area contributed by atoms with E-state index in [1.807, 2.05) is 50.3 Å². The molecule has 1 amide bonds. The minimum Gasteiger partial charge on any atom is -0.298 e. The van der Waals surface area contributed by atoms with Crippen molar-refractivity contribution >= 4 is 40.1 Å². The topological polar surface area (TPSA) is 61.1 Å². The highest BCUT2D eigenvalue weighted by atomic mass is 32.1. The Morgan fingerprint density at radius 2 is 2.00 bits per heavy atom. The molecule has 2 aromatic heterocycles. The summed E-state index contributed by atoms with van der Waals surface area (Å²) in [5.74, 6) is 0.317. The lowest BCUT2D eigenvalue weighted by Crippen LogP contribution is -2.40. The van der Waals surface area contributed by atoms with Gasteiger partial charge in [-0.1, -0.05) is 30.3 Å². The zero-order valence-electron chi connectivity index (χ0n) is 17.6. The van der Waals surface area contributed by atoms with Crippen LogP contribution in [0.5, 0.6) is 0 Å². The van der Waals surface area contributed by atoms with Crippen molar-refractivity contribution in [1.82, 2.24) is 14.9 Å². The van der Waals surface area contributed by atoms with Gasteiger partial charge in [0.1, 0.15) is 0 Å². The van der Waals surface area contributed by atoms with E-state index < -0.39 is 0 Å². The van der Waals surface area contributed by atoms with Gasteiger partial charge in [0.15, 0.2) is 11.2 Å². The average molecular weight is 441 g/mol.